The second kappa shape index (κ2) is 14.6. The number of allylic oxidation sites excluding steroid dienone is 4. The van der Waals surface area contributed by atoms with Gasteiger partial charge in [0.05, 0.1) is 6.10 Å². The lowest BCUT2D eigenvalue weighted by Gasteiger charge is -2.27. The van der Waals surface area contributed by atoms with Crippen molar-refractivity contribution in [1.82, 2.24) is 0 Å². The van der Waals surface area contributed by atoms with Crippen LogP contribution in [-0.2, 0) is 0 Å². The predicted molar refractivity (Wildman–Crippen MR) is 134 cm³/mol. The molecule has 0 fully saturated rings. The molecule has 168 valence electrons. The van der Waals surface area contributed by atoms with Crippen LogP contribution >= 0.6 is 9.24 Å². The highest BCUT2D eigenvalue weighted by Crippen LogP contribution is 2.36. The van der Waals surface area contributed by atoms with Crippen LogP contribution in [0.1, 0.15) is 112 Å². The quantitative estimate of drug-likeness (QED) is 0.169. The molecule has 0 aliphatic heterocycles. The van der Waals surface area contributed by atoms with Gasteiger partial charge in [-0.15, -0.1) is 9.24 Å². The zero-order valence-corrected chi connectivity index (χ0v) is 21.4. The van der Waals surface area contributed by atoms with Crippen molar-refractivity contribution in [3.8, 4) is 0 Å². The summed E-state index contributed by atoms with van der Waals surface area (Å²) in [5, 5.41) is 11.6. The fraction of sp³-hybridized carbons (Fsp3) is 0.778. The maximum atomic E-state index is 10.2. The van der Waals surface area contributed by atoms with Crippen LogP contribution in [0.25, 0.3) is 0 Å². The van der Waals surface area contributed by atoms with E-state index in [1.54, 1.807) is 5.57 Å². The Morgan fingerprint density at radius 2 is 1.72 bits per heavy atom. The SMILES string of the molecule is CCCC/C=C(\C)CCCC(C)CCCC(C)CCC1=CC(O)C(C)C(C)=C1P. The minimum absolute atomic E-state index is 0.251. The molecule has 5 atom stereocenters. The molecule has 0 bridgehead atoms. The standard InChI is InChI=1S/C27H49OP/c1-7-8-9-12-20(2)13-10-14-21(3)15-11-16-22(4)17-18-25-19-26(28)23(5)24(6)27(25)29/h12,19,21-23,26,28H,7-11,13-18,29H2,1-6H3/b20-12+. The molecule has 0 saturated carbocycles. The maximum absolute atomic E-state index is 10.2. The Hall–Kier alpha value is -0.390. The van der Waals surface area contributed by atoms with Crippen molar-refractivity contribution >= 4 is 9.24 Å². The van der Waals surface area contributed by atoms with Gasteiger partial charge >= 0.3 is 0 Å². The first-order valence-corrected chi connectivity index (χ1v) is 12.8. The lowest BCUT2D eigenvalue weighted by molar-refractivity contribution is 0.176. The van der Waals surface area contributed by atoms with E-state index in [4.69, 9.17) is 0 Å². The van der Waals surface area contributed by atoms with E-state index in [0.717, 1.165) is 18.3 Å². The molecule has 1 rings (SSSR count). The lowest BCUT2D eigenvalue weighted by atomic mass is 9.85. The molecule has 0 amide bonds. The molecular weight excluding hydrogens is 371 g/mol. The predicted octanol–water partition coefficient (Wildman–Crippen LogP) is 8.60. The molecule has 1 nitrogen and oxygen atoms in total. The number of unbranched alkanes of at least 4 members (excludes halogenated alkanes) is 2. The molecule has 29 heavy (non-hydrogen) atoms. The van der Waals surface area contributed by atoms with Crippen molar-refractivity contribution in [1.29, 1.82) is 0 Å². The lowest BCUT2D eigenvalue weighted by Crippen LogP contribution is -2.21. The van der Waals surface area contributed by atoms with Crippen LogP contribution in [0.2, 0.25) is 0 Å². The Bertz CT molecular complexity index is 557. The van der Waals surface area contributed by atoms with Gasteiger partial charge in [-0.2, -0.15) is 0 Å². The van der Waals surface area contributed by atoms with E-state index < -0.39 is 0 Å². The fourth-order valence-electron chi connectivity index (χ4n) is 4.30. The van der Waals surface area contributed by atoms with Gasteiger partial charge in [0.2, 0.25) is 0 Å². The number of hydrogen-bond acceptors (Lipinski definition) is 1. The van der Waals surface area contributed by atoms with Gasteiger partial charge in [0.15, 0.2) is 0 Å². The minimum atomic E-state index is -0.310. The summed E-state index contributed by atoms with van der Waals surface area (Å²) < 4.78 is 0. The normalized spacial score (nSPS) is 22.6. The molecule has 0 aromatic carbocycles. The van der Waals surface area contributed by atoms with E-state index in [9.17, 15) is 5.11 Å². The van der Waals surface area contributed by atoms with Crippen LogP contribution in [0.15, 0.2) is 34.2 Å². The first-order chi connectivity index (χ1) is 13.8. The molecular formula is C27H49OP. The molecule has 0 radical (unpaired) electrons. The van der Waals surface area contributed by atoms with Gasteiger partial charge < -0.3 is 5.11 Å². The summed E-state index contributed by atoms with van der Waals surface area (Å²) in [6.45, 7) is 13.7. The third kappa shape index (κ3) is 10.5. The van der Waals surface area contributed by atoms with Crippen LogP contribution in [0.5, 0.6) is 0 Å². The van der Waals surface area contributed by atoms with E-state index in [2.05, 4.69) is 62.9 Å². The molecule has 1 N–H and O–H groups in total. The minimum Gasteiger partial charge on any atom is -0.388 e. The maximum Gasteiger partial charge on any atom is 0.0789 e. The summed E-state index contributed by atoms with van der Waals surface area (Å²) in [7, 11) is 2.91. The molecule has 0 heterocycles. The largest absolute Gasteiger partial charge is 0.388 e. The molecule has 1 aliphatic carbocycles. The van der Waals surface area contributed by atoms with E-state index in [-0.39, 0.29) is 12.0 Å². The summed E-state index contributed by atoms with van der Waals surface area (Å²) in [6.07, 6.45) is 18.5. The number of hydrogen-bond donors (Lipinski definition) is 1. The average Bonchev–Trinajstić information content (AvgIpc) is 2.68. The van der Waals surface area contributed by atoms with Crippen LogP contribution in [-0.4, -0.2) is 11.2 Å². The van der Waals surface area contributed by atoms with Crippen molar-refractivity contribution in [2.45, 2.75) is 118 Å². The third-order valence-corrected chi connectivity index (χ3v) is 7.78. The first kappa shape index (κ1) is 26.6. The van der Waals surface area contributed by atoms with Gasteiger partial charge in [0.25, 0.3) is 0 Å². The Morgan fingerprint density at radius 3 is 2.38 bits per heavy atom. The second-order valence-electron chi connectivity index (χ2n) is 9.83. The van der Waals surface area contributed by atoms with Crippen LogP contribution in [0.4, 0.5) is 0 Å². The van der Waals surface area contributed by atoms with Gasteiger partial charge in [0.1, 0.15) is 0 Å². The summed E-state index contributed by atoms with van der Waals surface area (Å²) in [4.78, 5) is 0. The van der Waals surface area contributed by atoms with Crippen molar-refractivity contribution in [2.75, 3.05) is 0 Å². The fourth-order valence-corrected chi connectivity index (χ4v) is 4.81. The van der Waals surface area contributed by atoms with E-state index >= 15 is 0 Å². The zero-order chi connectivity index (χ0) is 21.8. The number of rotatable bonds is 14. The Labute approximate surface area is 184 Å². The zero-order valence-electron chi connectivity index (χ0n) is 20.3. The van der Waals surface area contributed by atoms with E-state index in [1.165, 1.54) is 80.7 Å². The molecule has 1 aliphatic rings. The summed E-state index contributed by atoms with van der Waals surface area (Å²) in [5.41, 5.74) is 4.27. The Kier molecular flexibility index (Phi) is 13.4. The van der Waals surface area contributed by atoms with Gasteiger partial charge in [-0.05, 0) is 68.7 Å². The first-order valence-electron chi connectivity index (χ1n) is 12.3. The van der Waals surface area contributed by atoms with Crippen LogP contribution < -0.4 is 0 Å². The molecule has 0 saturated heterocycles. The van der Waals surface area contributed by atoms with Crippen LogP contribution in [0.3, 0.4) is 0 Å². The topological polar surface area (TPSA) is 20.2 Å². The van der Waals surface area contributed by atoms with Crippen molar-refractivity contribution in [2.24, 2.45) is 17.8 Å². The van der Waals surface area contributed by atoms with E-state index in [0.29, 0.717) is 0 Å². The van der Waals surface area contributed by atoms with Crippen molar-refractivity contribution < 1.29 is 5.11 Å². The number of aliphatic hydroxyl groups is 1. The smallest absolute Gasteiger partial charge is 0.0789 e. The van der Waals surface area contributed by atoms with Gasteiger partial charge in [0, 0.05) is 5.92 Å². The van der Waals surface area contributed by atoms with Gasteiger partial charge in [-0.3, -0.25) is 0 Å². The molecule has 0 spiro atoms. The Morgan fingerprint density at radius 1 is 1.10 bits per heavy atom. The van der Waals surface area contributed by atoms with Gasteiger partial charge in [-0.25, -0.2) is 0 Å². The molecule has 0 aromatic heterocycles. The van der Waals surface area contributed by atoms with E-state index in [1.807, 2.05) is 0 Å². The van der Waals surface area contributed by atoms with Gasteiger partial charge in [-0.1, -0.05) is 89.5 Å². The highest BCUT2D eigenvalue weighted by atomic mass is 31.0. The average molecular weight is 421 g/mol. The van der Waals surface area contributed by atoms with Crippen LogP contribution in [0, 0.1) is 17.8 Å². The number of aliphatic hydroxyl groups excluding tert-OH is 1. The third-order valence-electron chi connectivity index (χ3n) is 6.96. The summed E-state index contributed by atoms with van der Waals surface area (Å²) in [6, 6.07) is 0. The van der Waals surface area contributed by atoms with Crippen molar-refractivity contribution in [3.63, 3.8) is 0 Å². The monoisotopic (exact) mass is 420 g/mol. The molecule has 5 unspecified atom stereocenters. The molecule has 0 aromatic rings. The summed E-state index contributed by atoms with van der Waals surface area (Å²) >= 11 is 0. The van der Waals surface area contributed by atoms with Crippen molar-refractivity contribution in [3.05, 3.63) is 34.2 Å². The Balaban J connectivity index is 2.20. The highest BCUT2D eigenvalue weighted by Gasteiger charge is 2.22. The molecule has 2 heteroatoms. The highest BCUT2D eigenvalue weighted by molar-refractivity contribution is 7.23. The summed E-state index contributed by atoms with van der Waals surface area (Å²) in [5.74, 6) is 1.87. The second-order valence-corrected chi connectivity index (χ2v) is 10.4.